The zero-order chi connectivity index (χ0) is 22.2. The van der Waals surface area contributed by atoms with Crippen molar-refractivity contribution in [1.82, 2.24) is 10.2 Å². The van der Waals surface area contributed by atoms with Crippen LogP contribution in [0.1, 0.15) is 67.2 Å². The molecule has 0 bridgehead atoms. The minimum absolute atomic E-state index is 0.178. The molecule has 1 aliphatic heterocycles. The van der Waals surface area contributed by atoms with Gasteiger partial charge in [-0.1, -0.05) is 71.5 Å². The Morgan fingerprint density at radius 1 is 1.31 bits per heavy atom. The molecule has 4 heteroatoms. The third-order valence-corrected chi connectivity index (χ3v) is 6.36. The van der Waals surface area contributed by atoms with Gasteiger partial charge in [-0.05, 0) is 55.9 Å². The summed E-state index contributed by atoms with van der Waals surface area (Å²) in [6.45, 7) is 24.0. The average molecular weight is 422 g/mol. The maximum atomic E-state index is 6.13. The van der Waals surface area contributed by atoms with Gasteiger partial charge in [-0.15, -0.1) is 0 Å². The van der Waals surface area contributed by atoms with E-state index in [0.717, 1.165) is 49.5 Å². The van der Waals surface area contributed by atoms with Crippen molar-refractivity contribution in [3.63, 3.8) is 0 Å². The normalized spacial score (nSPS) is 22.0. The van der Waals surface area contributed by atoms with Gasteiger partial charge in [0.25, 0.3) is 0 Å². The molecule has 0 radical (unpaired) electrons. The highest BCUT2D eigenvalue weighted by Crippen LogP contribution is 2.38. The Morgan fingerprint density at radius 3 is 2.48 bits per heavy atom. The largest absolute Gasteiger partial charge is 0.380 e. The minimum Gasteiger partial charge on any atom is -0.380 e. The molecule has 0 saturated carbocycles. The maximum Gasteiger partial charge on any atom is 0.0675 e. The van der Waals surface area contributed by atoms with Crippen molar-refractivity contribution >= 4 is 11.6 Å². The molecule has 1 heterocycles. The van der Waals surface area contributed by atoms with Crippen molar-refractivity contribution < 1.29 is 0 Å². The van der Waals surface area contributed by atoms with Gasteiger partial charge in [-0.25, -0.2) is 0 Å². The molecular weight excluding hydrogens is 378 g/mol. The predicted molar refractivity (Wildman–Crippen MR) is 130 cm³/mol. The zero-order valence-corrected chi connectivity index (χ0v) is 20.4. The van der Waals surface area contributed by atoms with Gasteiger partial charge in [0.05, 0.1) is 6.04 Å². The highest BCUT2D eigenvalue weighted by molar-refractivity contribution is 6.29. The van der Waals surface area contributed by atoms with Crippen LogP contribution in [0.15, 0.2) is 47.8 Å². The summed E-state index contributed by atoms with van der Waals surface area (Å²) in [7, 11) is 0. The third kappa shape index (κ3) is 8.60. The van der Waals surface area contributed by atoms with Crippen molar-refractivity contribution in [2.45, 2.75) is 79.3 Å². The molecule has 0 spiro atoms. The van der Waals surface area contributed by atoms with Gasteiger partial charge >= 0.3 is 0 Å². The van der Waals surface area contributed by atoms with E-state index in [2.05, 4.69) is 70.1 Å². The Morgan fingerprint density at radius 2 is 1.97 bits per heavy atom. The molecule has 1 rings (SSSR count). The van der Waals surface area contributed by atoms with Crippen LogP contribution in [0.25, 0.3) is 0 Å². The van der Waals surface area contributed by atoms with Gasteiger partial charge in [-0.3, -0.25) is 0 Å². The second-order valence-electron chi connectivity index (χ2n) is 9.63. The summed E-state index contributed by atoms with van der Waals surface area (Å²) in [5, 5.41) is 4.54. The number of nitrogens with two attached hydrogens (primary N) is 1. The molecule has 0 aromatic rings. The minimum atomic E-state index is 0.178. The quantitative estimate of drug-likeness (QED) is 0.390. The van der Waals surface area contributed by atoms with E-state index in [0.29, 0.717) is 11.8 Å². The van der Waals surface area contributed by atoms with Gasteiger partial charge in [0.15, 0.2) is 0 Å². The molecule has 1 fully saturated rings. The zero-order valence-electron chi connectivity index (χ0n) is 19.6. The summed E-state index contributed by atoms with van der Waals surface area (Å²) in [6.07, 6.45) is 10.3. The molecule has 1 aliphatic rings. The van der Waals surface area contributed by atoms with E-state index < -0.39 is 0 Å². The van der Waals surface area contributed by atoms with E-state index in [1.165, 1.54) is 5.70 Å². The van der Waals surface area contributed by atoms with Gasteiger partial charge in [0, 0.05) is 35.6 Å². The number of nitrogens with zero attached hydrogens (tertiary/aromatic N) is 1. The number of halogens is 1. The van der Waals surface area contributed by atoms with Crippen LogP contribution in [0.3, 0.4) is 0 Å². The Labute approximate surface area is 185 Å². The van der Waals surface area contributed by atoms with Crippen LogP contribution >= 0.6 is 11.6 Å². The molecule has 0 aromatic heterocycles. The lowest BCUT2D eigenvalue weighted by Crippen LogP contribution is -2.49. The second-order valence-corrected chi connectivity index (χ2v) is 10.1. The standard InChI is InChI=1S/C25H44ClN3/c1-9-23(26)12-10-11-22-15-16-29(17-25(22,7)8)21(6)24(18(2)3)28-20(5)14-13-19(4)27/h10-12,18-19,22,24,28H,5-6,9,13-17,27H2,1-4,7-8H3/b11-10+,23-12+/t19-,22?,24+/m0/s1. The first-order valence-electron chi connectivity index (χ1n) is 11.1. The lowest BCUT2D eigenvalue weighted by molar-refractivity contribution is 0.0954. The first-order chi connectivity index (χ1) is 13.5. The van der Waals surface area contributed by atoms with Crippen LogP contribution in [-0.2, 0) is 0 Å². The Bertz CT molecular complexity index is 601. The fourth-order valence-electron chi connectivity index (χ4n) is 3.91. The SMILES string of the molecule is C=C(CC[C@H](C)N)N[C@@H](C(=C)N1CCC(/C=C/C=C(/Cl)CC)C(C)(C)C1)C(C)C. The lowest BCUT2D eigenvalue weighted by Gasteiger charge is -2.47. The first-order valence-corrected chi connectivity index (χ1v) is 11.5. The van der Waals surface area contributed by atoms with Crippen molar-refractivity contribution in [1.29, 1.82) is 0 Å². The van der Waals surface area contributed by atoms with Crippen LogP contribution in [0, 0.1) is 17.3 Å². The van der Waals surface area contributed by atoms with Crippen molar-refractivity contribution in [2.24, 2.45) is 23.0 Å². The fraction of sp³-hybridized carbons (Fsp3) is 0.680. The highest BCUT2D eigenvalue weighted by Gasteiger charge is 2.36. The summed E-state index contributed by atoms with van der Waals surface area (Å²) >= 11 is 6.13. The molecule has 3 nitrogen and oxygen atoms in total. The van der Waals surface area contributed by atoms with Gasteiger partial charge in [0.1, 0.15) is 0 Å². The fourth-order valence-corrected chi connectivity index (χ4v) is 3.99. The van der Waals surface area contributed by atoms with E-state index in [-0.39, 0.29) is 17.5 Å². The van der Waals surface area contributed by atoms with Crippen LogP contribution in [0.4, 0.5) is 0 Å². The molecule has 3 atom stereocenters. The molecule has 0 amide bonds. The maximum absolute atomic E-state index is 6.13. The van der Waals surface area contributed by atoms with Gasteiger partial charge in [-0.2, -0.15) is 0 Å². The summed E-state index contributed by atoms with van der Waals surface area (Å²) in [5.74, 6) is 0.979. The van der Waals surface area contributed by atoms with Crippen LogP contribution in [-0.4, -0.2) is 30.1 Å². The van der Waals surface area contributed by atoms with E-state index in [1.54, 1.807) is 0 Å². The number of piperidine rings is 1. The number of likely N-dealkylation sites (tertiary alicyclic amines) is 1. The third-order valence-electron chi connectivity index (χ3n) is 5.96. The molecule has 0 aliphatic carbocycles. The number of rotatable bonds is 11. The summed E-state index contributed by atoms with van der Waals surface area (Å²) in [6, 6.07) is 0.397. The number of hydrogen-bond donors (Lipinski definition) is 2. The van der Waals surface area contributed by atoms with Gasteiger partial charge in [0.2, 0.25) is 0 Å². The van der Waals surface area contributed by atoms with Crippen molar-refractivity contribution in [3.8, 4) is 0 Å². The number of allylic oxidation sites excluding steroid dienone is 5. The molecule has 0 aromatic carbocycles. The molecular formula is C25H44ClN3. The summed E-state index contributed by atoms with van der Waals surface area (Å²) < 4.78 is 0. The molecule has 166 valence electrons. The lowest BCUT2D eigenvalue weighted by atomic mass is 9.73. The topological polar surface area (TPSA) is 41.3 Å². The summed E-state index contributed by atoms with van der Waals surface area (Å²) in [5.41, 5.74) is 8.30. The van der Waals surface area contributed by atoms with Crippen LogP contribution < -0.4 is 11.1 Å². The van der Waals surface area contributed by atoms with E-state index >= 15 is 0 Å². The van der Waals surface area contributed by atoms with Crippen molar-refractivity contribution in [2.75, 3.05) is 13.1 Å². The van der Waals surface area contributed by atoms with E-state index in [1.807, 2.05) is 13.0 Å². The van der Waals surface area contributed by atoms with Crippen LogP contribution in [0.5, 0.6) is 0 Å². The van der Waals surface area contributed by atoms with Crippen LogP contribution in [0.2, 0.25) is 0 Å². The molecule has 3 N–H and O–H groups in total. The monoisotopic (exact) mass is 421 g/mol. The number of hydrogen-bond acceptors (Lipinski definition) is 3. The molecule has 29 heavy (non-hydrogen) atoms. The molecule has 1 unspecified atom stereocenters. The van der Waals surface area contributed by atoms with E-state index in [4.69, 9.17) is 17.3 Å². The second kappa shape index (κ2) is 11.9. The number of nitrogens with one attached hydrogen (secondary N) is 1. The van der Waals surface area contributed by atoms with Crippen molar-refractivity contribution in [3.05, 3.63) is 47.8 Å². The highest BCUT2D eigenvalue weighted by atomic mass is 35.5. The first kappa shape index (κ1) is 25.8. The Balaban J connectivity index is 2.77. The smallest absolute Gasteiger partial charge is 0.0675 e. The van der Waals surface area contributed by atoms with Gasteiger partial charge < -0.3 is 16.0 Å². The van der Waals surface area contributed by atoms with E-state index in [9.17, 15) is 0 Å². The molecule has 1 saturated heterocycles. The predicted octanol–water partition coefficient (Wildman–Crippen LogP) is 6.19. The average Bonchev–Trinajstić information content (AvgIpc) is 2.64. The Hall–Kier alpha value is -1.19. The Kier molecular flexibility index (Phi) is 10.6. The summed E-state index contributed by atoms with van der Waals surface area (Å²) in [4.78, 5) is 2.47.